The van der Waals surface area contributed by atoms with Gasteiger partial charge in [0.2, 0.25) is 0 Å². The van der Waals surface area contributed by atoms with Crippen molar-refractivity contribution >= 4 is 28.3 Å². The second kappa shape index (κ2) is 5.83. The molecule has 0 saturated carbocycles. The second-order valence-electron chi connectivity index (χ2n) is 3.85. The van der Waals surface area contributed by atoms with Gasteiger partial charge in [-0.15, -0.1) is 11.3 Å². The van der Waals surface area contributed by atoms with Crippen molar-refractivity contribution in [2.24, 2.45) is 0 Å². The molecule has 2 N–H and O–H groups in total. The average Bonchev–Trinajstić information content (AvgIpc) is 2.63. The number of rotatable bonds is 2. The van der Waals surface area contributed by atoms with E-state index in [1.165, 1.54) is 17.4 Å². The number of urea groups is 1. The van der Waals surface area contributed by atoms with Crippen LogP contribution in [0.1, 0.15) is 16.8 Å². The first-order chi connectivity index (χ1) is 8.68. The minimum absolute atomic E-state index is 0.124. The van der Waals surface area contributed by atoms with Crippen LogP contribution in [0.5, 0.6) is 0 Å². The molecule has 2 rings (SSSR count). The van der Waals surface area contributed by atoms with Crippen LogP contribution in [0.4, 0.5) is 9.80 Å². The molecule has 0 radical (unpaired) electrons. The summed E-state index contributed by atoms with van der Waals surface area (Å²) in [6.07, 6.45) is 0.795. The number of nitrogens with zero attached hydrogens (tertiary/aromatic N) is 1. The second-order valence-corrected chi connectivity index (χ2v) is 4.77. The van der Waals surface area contributed by atoms with Gasteiger partial charge in [0.15, 0.2) is 0 Å². The largest absolute Gasteiger partial charge is 0.478 e. The van der Waals surface area contributed by atoms with E-state index in [9.17, 15) is 9.59 Å². The number of carboxylic acids is 1. The summed E-state index contributed by atoms with van der Waals surface area (Å²) >= 11 is 1.20. The highest BCUT2D eigenvalue weighted by atomic mass is 32.1. The highest BCUT2D eigenvalue weighted by Gasteiger charge is 2.19. The standard InChI is InChI=1S/C11H14N2O4S/c14-10(15)8-2-7-18-9(8)12-11(16)13-3-1-5-17-6-4-13/h2,7H,1,3-6H2,(H,12,16)(H,14,15). The number of amides is 2. The quantitative estimate of drug-likeness (QED) is 0.857. The molecule has 0 spiro atoms. The molecule has 0 aromatic carbocycles. The first-order valence-corrected chi connectivity index (χ1v) is 6.51. The maximum absolute atomic E-state index is 12.0. The molecule has 18 heavy (non-hydrogen) atoms. The van der Waals surface area contributed by atoms with Gasteiger partial charge in [-0.05, 0) is 17.9 Å². The van der Waals surface area contributed by atoms with E-state index in [-0.39, 0.29) is 11.6 Å². The fourth-order valence-electron chi connectivity index (χ4n) is 1.70. The summed E-state index contributed by atoms with van der Waals surface area (Å²) in [6.45, 7) is 2.33. The molecule has 0 aliphatic carbocycles. The van der Waals surface area contributed by atoms with E-state index < -0.39 is 5.97 Å². The maximum Gasteiger partial charge on any atom is 0.338 e. The Bertz CT molecular complexity index is 438. The van der Waals surface area contributed by atoms with Crippen LogP contribution in [0.15, 0.2) is 11.4 Å². The lowest BCUT2D eigenvalue weighted by molar-refractivity contribution is 0.0698. The Morgan fingerprint density at radius 3 is 3.00 bits per heavy atom. The van der Waals surface area contributed by atoms with Gasteiger partial charge in [0, 0.05) is 19.7 Å². The third-order valence-electron chi connectivity index (χ3n) is 2.63. The zero-order valence-electron chi connectivity index (χ0n) is 9.72. The lowest BCUT2D eigenvalue weighted by Gasteiger charge is -2.19. The van der Waals surface area contributed by atoms with Crippen molar-refractivity contribution < 1.29 is 19.4 Å². The Kier molecular flexibility index (Phi) is 4.16. The summed E-state index contributed by atoms with van der Waals surface area (Å²) in [7, 11) is 0. The number of thiophene rings is 1. The molecule has 1 aliphatic heterocycles. The highest BCUT2D eigenvalue weighted by Crippen LogP contribution is 2.23. The summed E-state index contributed by atoms with van der Waals surface area (Å²) in [5, 5.41) is 13.6. The van der Waals surface area contributed by atoms with E-state index in [1.807, 2.05) is 0 Å². The van der Waals surface area contributed by atoms with E-state index in [1.54, 1.807) is 10.3 Å². The number of carbonyl (C=O) groups is 2. The maximum atomic E-state index is 12.0. The van der Waals surface area contributed by atoms with Gasteiger partial charge in [-0.25, -0.2) is 9.59 Å². The molecule has 1 fully saturated rings. The summed E-state index contributed by atoms with van der Waals surface area (Å²) in [5.74, 6) is -1.04. The highest BCUT2D eigenvalue weighted by molar-refractivity contribution is 7.14. The lowest BCUT2D eigenvalue weighted by atomic mass is 10.3. The number of nitrogens with one attached hydrogen (secondary N) is 1. The molecule has 2 amide bonds. The molecule has 7 heteroatoms. The predicted octanol–water partition coefficient (Wildman–Crippen LogP) is 1.70. The third-order valence-corrected chi connectivity index (χ3v) is 3.46. The van der Waals surface area contributed by atoms with Crippen molar-refractivity contribution in [2.45, 2.75) is 6.42 Å². The summed E-state index contributed by atoms with van der Waals surface area (Å²) in [6, 6.07) is 1.21. The van der Waals surface area contributed by atoms with Gasteiger partial charge in [0.25, 0.3) is 0 Å². The van der Waals surface area contributed by atoms with Gasteiger partial charge in [-0.2, -0.15) is 0 Å². The van der Waals surface area contributed by atoms with Crippen molar-refractivity contribution in [1.29, 1.82) is 0 Å². The molecular formula is C11H14N2O4S. The first kappa shape index (κ1) is 12.8. The van der Waals surface area contributed by atoms with Crippen LogP contribution < -0.4 is 5.32 Å². The van der Waals surface area contributed by atoms with E-state index in [0.717, 1.165) is 6.42 Å². The number of carboxylic acid groups (broad SMARTS) is 1. The monoisotopic (exact) mass is 270 g/mol. The fraction of sp³-hybridized carbons (Fsp3) is 0.455. The molecule has 2 heterocycles. The van der Waals surface area contributed by atoms with Crippen LogP contribution in [0.2, 0.25) is 0 Å². The fourth-order valence-corrected chi connectivity index (χ4v) is 2.47. The van der Waals surface area contributed by atoms with Crippen molar-refractivity contribution in [3.05, 3.63) is 17.0 Å². The molecular weight excluding hydrogens is 256 g/mol. The van der Waals surface area contributed by atoms with Crippen LogP contribution in [-0.4, -0.2) is 48.3 Å². The van der Waals surface area contributed by atoms with Gasteiger partial charge in [0.05, 0.1) is 12.2 Å². The lowest BCUT2D eigenvalue weighted by Crippen LogP contribution is -2.36. The molecule has 1 saturated heterocycles. The summed E-state index contributed by atoms with van der Waals surface area (Å²) < 4.78 is 5.26. The van der Waals surface area contributed by atoms with Crippen LogP contribution in [0.25, 0.3) is 0 Å². The minimum atomic E-state index is -1.04. The van der Waals surface area contributed by atoms with E-state index in [0.29, 0.717) is 31.3 Å². The molecule has 0 atom stereocenters. The molecule has 6 nitrogen and oxygen atoms in total. The number of carbonyl (C=O) groups excluding carboxylic acids is 1. The number of ether oxygens (including phenoxy) is 1. The van der Waals surface area contributed by atoms with Crippen LogP contribution in [-0.2, 0) is 4.74 Å². The molecule has 98 valence electrons. The SMILES string of the molecule is O=C(O)c1ccsc1NC(=O)N1CCCOCC1. The van der Waals surface area contributed by atoms with Crippen molar-refractivity contribution in [2.75, 3.05) is 31.6 Å². The number of hydrogen-bond donors (Lipinski definition) is 2. The van der Waals surface area contributed by atoms with E-state index >= 15 is 0 Å². The van der Waals surface area contributed by atoms with Crippen LogP contribution in [0.3, 0.4) is 0 Å². The summed E-state index contributed by atoms with van der Waals surface area (Å²) in [4.78, 5) is 24.5. The van der Waals surface area contributed by atoms with Crippen molar-refractivity contribution in [1.82, 2.24) is 4.90 Å². The number of anilines is 1. The normalized spacial score (nSPS) is 16.1. The zero-order valence-corrected chi connectivity index (χ0v) is 10.5. The Balaban J connectivity index is 2.01. The Morgan fingerprint density at radius 2 is 2.22 bits per heavy atom. The average molecular weight is 270 g/mol. The van der Waals surface area contributed by atoms with Crippen molar-refractivity contribution in [3.8, 4) is 0 Å². The third kappa shape index (κ3) is 2.99. The Morgan fingerprint density at radius 1 is 1.39 bits per heavy atom. The Hall–Kier alpha value is -1.60. The molecule has 1 aromatic rings. The molecule has 1 aromatic heterocycles. The first-order valence-electron chi connectivity index (χ1n) is 5.63. The minimum Gasteiger partial charge on any atom is -0.478 e. The van der Waals surface area contributed by atoms with Gasteiger partial charge >= 0.3 is 12.0 Å². The predicted molar refractivity (Wildman–Crippen MR) is 67.3 cm³/mol. The van der Waals surface area contributed by atoms with Gasteiger partial charge in [-0.1, -0.05) is 0 Å². The number of hydrogen-bond acceptors (Lipinski definition) is 4. The molecule has 0 unspecified atom stereocenters. The molecule has 0 bridgehead atoms. The van der Waals surface area contributed by atoms with E-state index in [2.05, 4.69) is 5.32 Å². The van der Waals surface area contributed by atoms with Gasteiger partial charge in [0.1, 0.15) is 5.00 Å². The van der Waals surface area contributed by atoms with Crippen molar-refractivity contribution in [3.63, 3.8) is 0 Å². The number of aromatic carboxylic acids is 1. The zero-order chi connectivity index (χ0) is 13.0. The topological polar surface area (TPSA) is 78.9 Å². The molecule has 1 aliphatic rings. The summed E-state index contributed by atoms with van der Waals surface area (Å²) in [5.41, 5.74) is 0.124. The van der Waals surface area contributed by atoms with Gasteiger partial charge in [-0.3, -0.25) is 5.32 Å². The van der Waals surface area contributed by atoms with Crippen LogP contribution >= 0.6 is 11.3 Å². The smallest absolute Gasteiger partial charge is 0.338 e. The van der Waals surface area contributed by atoms with E-state index in [4.69, 9.17) is 9.84 Å². The van der Waals surface area contributed by atoms with Gasteiger partial charge < -0.3 is 14.7 Å². The Labute approximate surface area is 108 Å². The van der Waals surface area contributed by atoms with Crippen LogP contribution in [0, 0.1) is 0 Å².